The van der Waals surface area contributed by atoms with E-state index in [-0.39, 0.29) is 5.56 Å². The first-order valence-corrected chi connectivity index (χ1v) is 6.34. The summed E-state index contributed by atoms with van der Waals surface area (Å²) in [6, 6.07) is 13.9. The van der Waals surface area contributed by atoms with Gasteiger partial charge in [0.2, 0.25) is 0 Å². The van der Waals surface area contributed by atoms with Crippen molar-refractivity contribution in [3.8, 4) is 0 Å². The van der Waals surface area contributed by atoms with Crippen LogP contribution in [0.1, 0.15) is 22.8 Å². The fourth-order valence-electron chi connectivity index (χ4n) is 1.99. The molecular weight excluding hydrogens is 297 g/mol. The van der Waals surface area contributed by atoms with Crippen LogP contribution in [0.15, 0.2) is 48.5 Å². The number of benzene rings is 2. The average Bonchev–Trinajstić information content (AvgIpc) is 2.48. The van der Waals surface area contributed by atoms with Crippen LogP contribution >= 0.6 is 0 Å². The Morgan fingerprint density at radius 2 is 1.95 bits per heavy atom. The van der Waals surface area contributed by atoms with E-state index in [1.165, 1.54) is 12.1 Å². The first kappa shape index (κ1) is 16.0. The third-order valence-electron chi connectivity index (χ3n) is 2.92. The molecule has 0 spiro atoms. The number of carbonyl (C=O) groups is 1. The molecule has 0 fully saturated rings. The van der Waals surface area contributed by atoms with Crippen LogP contribution in [0, 0.1) is 6.07 Å². The Morgan fingerprint density at radius 1 is 1.23 bits per heavy atom. The molecule has 1 atom stereocenters. The van der Waals surface area contributed by atoms with Gasteiger partial charge in [-0.15, -0.1) is 0 Å². The van der Waals surface area contributed by atoms with Crippen molar-refractivity contribution in [3.05, 3.63) is 71.3 Å². The van der Waals surface area contributed by atoms with E-state index in [1.807, 2.05) is 0 Å². The van der Waals surface area contributed by atoms with Gasteiger partial charge in [0.1, 0.15) is 12.7 Å². The van der Waals surface area contributed by atoms with Crippen molar-refractivity contribution in [2.75, 3.05) is 6.61 Å². The van der Waals surface area contributed by atoms with Crippen LogP contribution in [-0.2, 0) is 15.7 Å². The van der Waals surface area contributed by atoms with E-state index in [9.17, 15) is 18.0 Å². The Labute approximate surface area is 125 Å². The summed E-state index contributed by atoms with van der Waals surface area (Å²) in [5.41, 5.74) is -0.0485. The maximum atomic E-state index is 12.8. The number of carboxylic acid groups (broad SMARTS) is 1. The molecule has 1 unspecified atom stereocenters. The highest BCUT2D eigenvalue weighted by Crippen LogP contribution is 2.33. The van der Waals surface area contributed by atoms with Crippen molar-refractivity contribution in [2.24, 2.45) is 0 Å². The minimum atomic E-state index is -4.48. The fraction of sp³-hybridized carbons (Fsp3) is 0.188. The molecule has 3 nitrogen and oxygen atoms in total. The number of hydrogen-bond acceptors (Lipinski definition) is 2. The molecule has 0 heterocycles. The van der Waals surface area contributed by atoms with Gasteiger partial charge >= 0.3 is 12.1 Å². The maximum Gasteiger partial charge on any atom is 0.416 e. The molecule has 0 aliphatic carbocycles. The first-order valence-electron chi connectivity index (χ1n) is 6.34. The Morgan fingerprint density at radius 3 is 2.55 bits per heavy atom. The Bertz CT molecular complexity index is 639. The zero-order valence-electron chi connectivity index (χ0n) is 11.3. The molecule has 6 heteroatoms. The zero-order valence-corrected chi connectivity index (χ0v) is 11.3. The molecule has 2 aromatic rings. The molecule has 2 rings (SSSR count). The maximum absolute atomic E-state index is 12.8. The second-order valence-electron chi connectivity index (χ2n) is 4.54. The van der Waals surface area contributed by atoms with E-state index in [0.717, 1.165) is 12.1 Å². The molecule has 0 amide bonds. The van der Waals surface area contributed by atoms with Crippen molar-refractivity contribution >= 4 is 5.97 Å². The fourth-order valence-corrected chi connectivity index (χ4v) is 1.99. The third kappa shape index (κ3) is 4.08. The van der Waals surface area contributed by atoms with Crippen LogP contribution < -0.4 is 0 Å². The molecule has 2 aromatic carbocycles. The molecule has 0 aliphatic heterocycles. The Balaban J connectivity index is 2.38. The number of carboxylic acids is 1. The first-order chi connectivity index (χ1) is 10.4. The lowest BCUT2D eigenvalue weighted by molar-refractivity contribution is -0.144. The summed E-state index contributed by atoms with van der Waals surface area (Å²) in [6.07, 6.45) is -5.38. The van der Waals surface area contributed by atoms with Gasteiger partial charge in [0.25, 0.3) is 0 Å². The van der Waals surface area contributed by atoms with Gasteiger partial charge in [-0.2, -0.15) is 13.2 Å². The van der Waals surface area contributed by atoms with E-state index in [0.29, 0.717) is 5.56 Å². The van der Waals surface area contributed by atoms with Crippen molar-refractivity contribution in [1.29, 1.82) is 0 Å². The van der Waals surface area contributed by atoms with E-state index >= 15 is 0 Å². The molecule has 0 saturated heterocycles. The minimum absolute atomic E-state index is 0.232. The number of halogens is 3. The average molecular weight is 309 g/mol. The monoisotopic (exact) mass is 309 g/mol. The molecule has 1 N–H and O–H groups in total. The van der Waals surface area contributed by atoms with Gasteiger partial charge in [-0.3, -0.25) is 0 Å². The lowest BCUT2D eigenvalue weighted by Crippen LogP contribution is -2.14. The summed E-state index contributed by atoms with van der Waals surface area (Å²) in [7, 11) is 0. The molecule has 22 heavy (non-hydrogen) atoms. The van der Waals surface area contributed by atoms with Gasteiger partial charge in [0.15, 0.2) is 0 Å². The summed E-state index contributed by atoms with van der Waals surface area (Å²) in [5, 5.41) is 8.73. The lowest BCUT2D eigenvalue weighted by Gasteiger charge is -2.19. The van der Waals surface area contributed by atoms with Gasteiger partial charge in [0, 0.05) is 0 Å². The standard InChI is InChI=1S/C16H12F3O3/c17-16(18,19)13-8-4-7-12(9-13)15(22-10-14(20)21)11-5-2-1-3-6-11/h1-2,4-9,15H,10H2,(H,20,21). The SMILES string of the molecule is O=C(O)COC(c1c[c]ccc1)c1cccc(C(F)(F)F)c1. The molecule has 0 aliphatic rings. The second-order valence-corrected chi connectivity index (χ2v) is 4.54. The van der Waals surface area contributed by atoms with Crippen molar-refractivity contribution < 1.29 is 27.8 Å². The van der Waals surface area contributed by atoms with Crippen molar-refractivity contribution in [1.82, 2.24) is 0 Å². The zero-order chi connectivity index (χ0) is 16.2. The summed E-state index contributed by atoms with van der Waals surface area (Å²) in [6.45, 7) is -0.615. The van der Waals surface area contributed by atoms with E-state index in [4.69, 9.17) is 9.84 Å². The van der Waals surface area contributed by atoms with Gasteiger partial charge in [0.05, 0.1) is 5.56 Å². The van der Waals surface area contributed by atoms with Crippen LogP contribution in [-0.4, -0.2) is 17.7 Å². The largest absolute Gasteiger partial charge is 0.480 e. The number of rotatable bonds is 5. The van der Waals surface area contributed by atoms with Gasteiger partial charge < -0.3 is 9.84 Å². The Hall–Kier alpha value is -2.34. The summed E-state index contributed by atoms with van der Waals surface area (Å²) >= 11 is 0. The highest BCUT2D eigenvalue weighted by Gasteiger charge is 2.31. The third-order valence-corrected chi connectivity index (χ3v) is 2.92. The lowest BCUT2D eigenvalue weighted by atomic mass is 9.99. The van der Waals surface area contributed by atoms with Crippen LogP contribution in [0.3, 0.4) is 0 Å². The molecule has 0 saturated carbocycles. The van der Waals surface area contributed by atoms with Crippen LogP contribution in [0.2, 0.25) is 0 Å². The van der Waals surface area contributed by atoms with Gasteiger partial charge in [-0.1, -0.05) is 30.3 Å². The summed E-state index contributed by atoms with van der Waals surface area (Å²) < 4.78 is 43.7. The predicted molar refractivity (Wildman–Crippen MR) is 72.2 cm³/mol. The van der Waals surface area contributed by atoms with Crippen LogP contribution in [0.25, 0.3) is 0 Å². The van der Waals surface area contributed by atoms with E-state index < -0.39 is 30.4 Å². The quantitative estimate of drug-likeness (QED) is 0.916. The Kier molecular flexibility index (Phi) is 4.82. The number of alkyl halides is 3. The van der Waals surface area contributed by atoms with Crippen molar-refractivity contribution in [3.63, 3.8) is 0 Å². The smallest absolute Gasteiger partial charge is 0.416 e. The highest BCUT2D eigenvalue weighted by atomic mass is 19.4. The molecule has 0 bridgehead atoms. The van der Waals surface area contributed by atoms with Gasteiger partial charge in [-0.25, -0.2) is 4.79 Å². The molecule has 0 aromatic heterocycles. The predicted octanol–water partition coefficient (Wildman–Crippen LogP) is 3.70. The summed E-state index contributed by atoms with van der Waals surface area (Å²) in [5.74, 6) is -1.20. The van der Waals surface area contributed by atoms with Crippen LogP contribution in [0.5, 0.6) is 0 Å². The number of hydrogen-bond donors (Lipinski definition) is 1. The highest BCUT2D eigenvalue weighted by molar-refractivity contribution is 5.68. The topological polar surface area (TPSA) is 46.5 Å². The molecule has 1 radical (unpaired) electrons. The van der Waals surface area contributed by atoms with Crippen molar-refractivity contribution in [2.45, 2.75) is 12.3 Å². The normalized spacial score (nSPS) is 12.9. The minimum Gasteiger partial charge on any atom is -0.480 e. The molecule has 115 valence electrons. The number of ether oxygens (including phenoxy) is 1. The second kappa shape index (κ2) is 6.62. The summed E-state index contributed by atoms with van der Waals surface area (Å²) in [4.78, 5) is 10.7. The van der Waals surface area contributed by atoms with Gasteiger partial charge in [-0.05, 0) is 35.4 Å². The van der Waals surface area contributed by atoms with Crippen LogP contribution in [0.4, 0.5) is 13.2 Å². The number of aliphatic carboxylic acids is 1. The van der Waals surface area contributed by atoms with E-state index in [2.05, 4.69) is 6.07 Å². The van der Waals surface area contributed by atoms with E-state index in [1.54, 1.807) is 24.3 Å². The molecular formula is C16H12F3O3.